The van der Waals surface area contributed by atoms with Crippen LogP contribution in [0.25, 0.3) is 10.9 Å². The molecule has 1 aromatic carbocycles. The molecule has 20 heavy (non-hydrogen) atoms. The Morgan fingerprint density at radius 1 is 1.10 bits per heavy atom. The third kappa shape index (κ3) is 4.11. The number of benzene rings is 1. The Balaban J connectivity index is 2.12. The maximum Gasteiger partial charge on any atom is 0.0483 e. The molecule has 0 aliphatic rings. The highest BCUT2D eigenvalue weighted by atomic mass is 15.0. The fourth-order valence-corrected chi connectivity index (χ4v) is 2.43. The van der Waals surface area contributed by atoms with Gasteiger partial charge in [0.05, 0.1) is 0 Å². The molecule has 2 nitrogen and oxygen atoms in total. The molecule has 2 heteroatoms. The Morgan fingerprint density at radius 3 is 2.60 bits per heavy atom. The van der Waals surface area contributed by atoms with Crippen molar-refractivity contribution in [1.29, 1.82) is 0 Å². The minimum Gasteiger partial charge on any atom is -0.347 e. The molecule has 2 aromatic rings. The average Bonchev–Trinajstić information content (AvgIpc) is 2.79. The normalized spacial score (nSPS) is 12.2. The summed E-state index contributed by atoms with van der Waals surface area (Å²) in [6.45, 7) is 10.9. The van der Waals surface area contributed by atoms with E-state index in [-0.39, 0.29) is 5.54 Å². The van der Waals surface area contributed by atoms with Crippen molar-refractivity contribution in [2.45, 2.75) is 65.6 Å². The summed E-state index contributed by atoms with van der Waals surface area (Å²) in [6, 6.07) is 9.03. The second-order valence-electron chi connectivity index (χ2n) is 6.71. The smallest absolute Gasteiger partial charge is 0.0483 e. The van der Waals surface area contributed by atoms with E-state index in [1.807, 2.05) is 0 Å². The third-order valence-electron chi connectivity index (χ3n) is 3.66. The minimum absolute atomic E-state index is 0.165. The minimum atomic E-state index is 0.165. The third-order valence-corrected chi connectivity index (χ3v) is 3.66. The number of unbranched alkanes of at least 4 members (excludes halogenated alkanes) is 2. The van der Waals surface area contributed by atoms with Crippen LogP contribution in [0.2, 0.25) is 0 Å². The monoisotopic (exact) mass is 272 g/mol. The summed E-state index contributed by atoms with van der Waals surface area (Å²) in [4.78, 5) is 0. The van der Waals surface area contributed by atoms with Gasteiger partial charge in [0.15, 0.2) is 0 Å². The molecule has 0 saturated heterocycles. The maximum absolute atomic E-state index is 3.56. The standard InChI is InChI=1S/C18H28N2/c1-5-6-7-11-20-12-10-16-9-8-15(13-17(16)20)14-19-18(2,3)4/h8-10,12-13,19H,5-7,11,14H2,1-4H3. The van der Waals surface area contributed by atoms with E-state index in [2.05, 4.69) is 68.0 Å². The first kappa shape index (κ1) is 15.1. The zero-order valence-corrected chi connectivity index (χ0v) is 13.4. The molecule has 0 saturated carbocycles. The first-order valence-electron chi connectivity index (χ1n) is 7.82. The van der Waals surface area contributed by atoms with Gasteiger partial charge < -0.3 is 9.88 Å². The van der Waals surface area contributed by atoms with Gasteiger partial charge >= 0.3 is 0 Å². The molecule has 0 atom stereocenters. The lowest BCUT2D eigenvalue weighted by Crippen LogP contribution is -2.35. The Hall–Kier alpha value is -1.28. The predicted molar refractivity (Wildman–Crippen MR) is 88.1 cm³/mol. The van der Waals surface area contributed by atoms with Gasteiger partial charge in [0.2, 0.25) is 0 Å². The van der Waals surface area contributed by atoms with Crippen molar-refractivity contribution in [2.75, 3.05) is 0 Å². The number of nitrogens with zero attached hydrogens (tertiary/aromatic N) is 1. The van der Waals surface area contributed by atoms with Gasteiger partial charge in [0.25, 0.3) is 0 Å². The van der Waals surface area contributed by atoms with E-state index in [4.69, 9.17) is 0 Å². The van der Waals surface area contributed by atoms with Crippen LogP contribution in [0.1, 0.15) is 52.5 Å². The van der Waals surface area contributed by atoms with Crippen LogP contribution in [0.3, 0.4) is 0 Å². The van der Waals surface area contributed by atoms with Gasteiger partial charge in [-0.05, 0) is 50.3 Å². The van der Waals surface area contributed by atoms with Gasteiger partial charge in [-0.25, -0.2) is 0 Å². The van der Waals surface area contributed by atoms with Crippen LogP contribution < -0.4 is 5.32 Å². The van der Waals surface area contributed by atoms with Crippen molar-refractivity contribution < 1.29 is 0 Å². The predicted octanol–water partition coefficient (Wildman–Crippen LogP) is 4.72. The van der Waals surface area contributed by atoms with E-state index in [0.29, 0.717) is 0 Å². The van der Waals surface area contributed by atoms with Crippen molar-refractivity contribution in [3.63, 3.8) is 0 Å². The van der Waals surface area contributed by atoms with Crippen LogP contribution in [0.4, 0.5) is 0 Å². The molecule has 0 unspecified atom stereocenters. The van der Waals surface area contributed by atoms with Crippen LogP contribution >= 0.6 is 0 Å². The number of hydrogen-bond acceptors (Lipinski definition) is 1. The van der Waals surface area contributed by atoms with Gasteiger partial charge in [0, 0.05) is 30.3 Å². The lowest BCUT2D eigenvalue weighted by atomic mass is 10.1. The Bertz CT molecular complexity index is 546. The summed E-state index contributed by atoms with van der Waals surface area (Å²) in [5, 5.41) is 4.91. The van der Waals surface area contributed by atoms with Gasteiger partial charge in [-0.2, -0.15) is 0 Å². The van der Waals surface area contributed by atoms with Gasteiger partial charge in [-0.3, -0.25) is 0 Å². The molecule has 0 bridgehead atoms. The molecule has 0 aliphatic carbocycles. The summed E-state index contributed by atoms with van der Waals surface area (Å²) < 4.78 is 2.39. The molecule has 0 fully saturated rings. The average molecular weight is 272 g/mol. The zero-order chi connectivity index (χ0) is 14.6. The second kappa shape index (κ2) is 6.45. The lowest BCUT2D eigenvalue weighted by molar-refractivity contribution is 0.424. The summed E-state index contributed by atoms with van der Waals surface area (Å²) >= 11 is 0. The number of hydrogen-bond donors (Lipinski definition) is 1. The summed E-state index contributed by atoms with van der Waals surface area (Å²) in [7, 11) is 0. The summed E-state index contributed by atoms with van der Waals surface area (Å²) in [5.41, 5.74) is 2.90. The van der Waals surface area contributed by atoms with Gasteiger partial charge in [-0.1, -0.05) is 31.9 Å². The van der Waals surface area contributed by atoms with Crippen LogP contribution in [-0.4, -0.2) is 10.1 Å². The fourth-order valence-electron chi connectivity index (χ4n) is 2.43. The number of aromatic nitrogens is 1. The first-order valence-corrected chi connectivity index (χ1v) is 7.82. The van der Waals surface area contributed by atoms with E-state index >= 15 is 0 Å². The number of fused-ring (bicyclic) bond motifs is 1. The quantitative estimate of drug-likeness (QED) is 0.753. The van der Waals surface area contributed by atoms with Crippen molar-refractivity contribution in [3.05, 3.63) is 36.0 Å². The van der Waals surface area contributed by atoms with E-state index in [1.165, 1.54) is 35.7 Å². The fraction of sp³-hybridized carbons (Fsp3) is 0.556. The molecular formula is C18H28N2. The highest BCUT2D eigenvalue weighted by Crippen LogP contribution is 2.19. The first-order chi connectivity index (χ1) is 9.49. The number of nitrogens with one attached hydrogen (secondary N) is 1. The number of rotatable bonds is 6. The lowest BCUT2D eigenvalue weighted by Gasteiger charge is -2.20. The Kier molecular flexibility index (Phi) is 4.87. The molecule has 110 valence electrons. The van der Waals surface area contributed by atoms with Crippen LogP contribution in [0, 0.1) is 0 Å². The number of aryl methyl sites for hydroxylation is 1. The highest BCUT2D eigenvalue weighted by molar-refractivity contribution is 5.80. The van der Waals surface area contributed by atoms with Crippen LogP contribution in [0.5, 0.6) is 0 Å². The zero-order valence-electron chi connectivity index (χ0n) is 13.4. The van der Waals surface area contributed by atoms with Crippen molar-refractivity contribution >= 4 is 10.9 Å². The molecule has 0 aliphatic heterocycles. The highest BCUT2D eigenvalue weighted by Gasteiger charge is 2.09. The van der Waals surface area contributed by atoms with E-state index < -0.39 is 0 Å². The molecule has 0 spiro atoms. The molecule has 1 N–H and O–H groups in total. The maximum atomic E-state index is 3.56. The van der Waals surface area contributed by atoms with E-state index in [0.717, 1.165) is 13.1 Å². The van der Waals surface area contributed by atoms with Crippen molar-refractivity contribution in [1.82, 2.24) is 9.88 Å². The second-order valence-corrected chi connectivity index (χ2v) is 6.71. The molecular weight excluding hydrogens is 244 g/mol. The van der Waals surface area contributed by atoms with E-state index in [9.17, 15) is 0 Å². The Labute approximate surface area is 123 Å². The molecule has 1 aromatic heterocycles. The van der Waals surface area contributed by atoms with Gasteiger partial charge in [0.1, 0.15) is 0 Å². The van der Waals surface area contributed by atoms with Crippen LogP contribution in [0.15, 0.2) is 30.5 Å². The summed E-state index contributed by atoms with van der Waals surface area (Å²) in [6.07, 6.45) is 6.08. The molecule has 2 rings (SSSR count). The van der Waals surface area contributed by atoms with Crippen LogP contribution in [-0.2, 0) is 13.1 Å². The molecule has 0 amide bonds. The SMILES string of the molecule is CCCCCn1ccc2ccc(CNC(C)(C)C)cc21. The van der Waals surface area contributed by atoms with Crippen molar-refractivity contribution in [2.24, 2.45) is 0 Å². The largest absolute Gasteiger partial charge is 0.347 e. The molecule has 0 radical (unpaired) electrons. The summed E-state index contributed by atoms with van der Waals surface area (Å²) in [5.74, 6) is 0. The van der Waals surface area contributed by atoms with Crippen molar-refractivity contribution in [3.8, 4) is 0 Å². The van der Waals surface area contributed by atoms with Gasteiger partial charge in [-0.15, -0.1) is 0 Å². The Morgan fingerprint density at radius 2 is 1.90 bits per heavy atom. The topological polar surface area (TPSA) is 17.0 Å². The molecule has 1 heterocycles. The van der Waals surface area contributed by atoms with E-state index in [1.54, 1.807) is 0 Å².